The first kappa shape index (κ1) is 16.2. The first-order chi connectivity index (χ1) is 10.9. The zero-order chi connectivity index (χ0) is 16.4. The smallest absolute Gasteiger partial charge is 0.227 e. The second-order valence-electron chi connectivity index (χ2n) is 6.02. The maximum atomic E-state index is 12.1. The Morgan fingerprint density at radius 1 is 1.13 bits per heavy atom. The molecule has 0 saturated carbocycles. The molecule has 0 aromatic heterocycles. The fourth-order valence-electron chi connectivity index (χ4n) is 3.14. The van der Waals surface area contributed by atoms with E-state index in [0.717, 1.165) is 37.7 Å². The molecule has 2 aliphatic heterocycles. The molecule has 2 heterocycles. The van der Waals surface area contributed by atoms with Crippen LogP contribution in [0.2, 0.25) is 0 Å². The number of rotatable bonds is 4. The number of primary sulfonamides is 1. The molecule has 2 N–H and O–H groups in total. The SMILES string of the molecule is NS(=O)(=O)CC1CC(=O)N(c2ccc(N3CCOCC3)cc2)C1. The van der Waals surface area contributed by atoms with Gasteiger partial charge in [0.2, 0.25) is 15.9 Å². The molecular weight excluding hydrogens is 318 g/mol. The van der Waals surface area contributed by atoms with Crippen molar-refractivity contribution in [2.45, 2.75) is 6.42 Å². The van der Waals surface area contributed by atoms with Crippen LogP contribution in [0.3, 0.4) is 0 Å². The van der Waals surface area contributed by atoms with E-state index in [1.54, 1.807) is 4.90 Å². The van der Waals surface area contributed by atoms with Crippen LogP contribution in [0.15, 0.2) is 24.3 Å². The lowest BCUT2D eigenvalue weighted by Gasteiger charge is -2.29. The van der Waals surface area contributed by atoms with Crippen LogP contribution in [0.4, 0.5) is 11.4 Å². The third-order valence-corrected chi connectivity index (χ3v) is 5.15. The number of hydrogen-bond acceptors (Lipinski definition) is 5. The number of carbonyl (C=O) groups is 1. The van der Waals surface area contributed by atoms with Crippen molar-refractivity contribution in [1.29, 1.82) is 0 Å². The van der Waals surface area contributed by atoms with Gasteiger partial charge in [-0.15, -0.1) is 0 Å². The molecule has 0 spiro atoms. The van der Waals surface area contributed by atoms with Crippen molar-refractivity contribution < 1.29 is 17.9 Å². The average Bonchev–Trinajstić information content (AvgIpc) is 2.87. The summed E-state index contributed by atoms with van der Waals surface area (Å²) < 4.78 is 27.7. The van der Waals surface area contributed by atoms with Crippen LogP contribution in [0, 0.1) is 5.92 Å². The van der Waals surface area contributed by atoms with E-state index in [0.29, 0.717) is 6.54 Å². The molecule has 0 radical (unpaired) electrons. The lowest BCUT2D eigenvalue weighted by molar-refractivity contribution is -0.117. The van der Waals surface area contributed by atoms with E-state index in [1.807, 2.05) is 24.3 Å². The largest absolute Gasteiger partial charge is 0.378 e. The summed E-state index contributed by atoms with van der Waals surface area (Å²) in [5, 5.41) is 5.07. The molecule has 126 valence electrons. The molecule has 0 bridgehead atoms. The maximum Gasteiger partial charge on any atom is 0.227 e. The van der Waals surface area contributed by atoms with Crippen molar-refractivity contribution in [2.75, 3.05) is 48.4 Å². The minimum atomic E-state index is -3.56. The van der Waals surface area contributed by atoms with Crippen LogP contribution in [0.25, 0.3) is 0 Å². The number of morpholine rings is 1. The molecule has 2 aliphatic rings. The monoisotopic (exact) mass is 339 g/mol. The Morgan fingerprint density at radius 3 is 2.35 bits per heavy atom. The predicted octanol–water partition coefficient (Wildman–Crippen LogP) is 0.165. The van der Waals surface area contributed by atoms with Crippen LogP contribution in [-0.2, 0) is 19.6 Å². The van der Waals surface area contributed by atoms with Gasteiger partial charge in [0.1, 0.15) is 0 Å². The van der Waals surface area contributed by atoms with Gasteiger partial charge in [0.15, 0.2) is 0 Å². The van der Waals surface area contributed by atoms with Gasteiger partial charge in [-0.3, -0.25) is 4.79 Å². The van der Waals surface area contributed by atoms with Gasteiger partial charge in [-0.2, -0.15) is 0 Å². The Bertz CT molecular complexity index is 668. The Morgan fingerprint density at radius 2 is 1.74 bits per heavy atom. The van der Waals surface area contributed by atoms with Gasteiger partial charge >= 0.3 is 0 Å². The highest BCUT2D eigenvalue weighted by atomic mass is 32.2. The Labute approximate surface area is 136 Å². The summed E-state index contributed by atoms with van der Waals surface area (Å²) in [6.45, 7) is 3.56. The van der Waals surface area contributed by atoms with Crippen LogP contribution in [0.1, 0.15) is 6.42 Å². The van der Waals surface area contributed by atoms with Gasteiger partial charge in [0.05, 0.1) is 19.0 Å². The van der Waals surface area contributed by atoms with Crippen LogP contribution >= 0.6 is 0 Å². The number of carbonyl (C=O) groups excluding carboxylic acids is 1. The van der Waals surface area contributed by atoms with Gasteiger partial charge in [0, 0.05) is 43.3 Å². The number of nitrogens with two attached hydrogens (primary N) is 1. The quantitative estimate of drug-likeness (QED) is 0.844. The van der Waals surface area contributed by atoms with Crippen molar-refractivity contribution in [2.24, 2.45) is 11.1 Å². The summed E-state index contributed by atoms with van der Waals surface area (Å²) in [6, 6.07) is 7.78. The highest BCUT2D eigenvalue weighted by Gasteiger charge is 2.32. The molecule has 8 heteroatoms. The second-order valence-corrected chi connectivity index (χ2v) is 7.68. The van der Waals surface area contributed by atoms with Gasteiger partial charge < -0.3 is 14.5 Å². The number of anilines is 2. The number of hydrogen-bond donors (Lipinski definition) is 1. The predicted molar refractivity (Wildman–Crippen MR) is 87.9 cm³/mol. The Balaban J connectivity index is 1.68. The topological polar surface area (TPSA) is 92.9 Å². The molecule has 1 unspecified atom stereocenters. The van der Waals surface area contributed by atoms with Gasteiger partial charge in [-0.25, -0.2) is 13.6 Å². The summed E-state index contributed by atoms with van der Waals surface area (Å²) in [7, 11) is -3.56. The van der Waals surface area contributed by atoms with Crippen molar-refractivity contribution in [1.82, 2.24) is 0 Å². The minimum Gasteiger partial charge on any atom is -0.378 e. The molecule has 23 heavy (non-hydrogen) atoms. The number of amides is 1. The number of benzene rings is 1. The molecule has 2 fully saturated rings. The van der Waals surface area contributed by atoms with E-state index < -0.39 is 10.0 Å². The molecule has 1 aromatic carbocycles. The lowest BCUT2D eigenvalue weighted by atomic mass is 10.1. The van der Waals surface area contributed by atoms with E-state index in [1.165, 1.54) is 0 Å². The number of ether oxygens (including phenoxy) is 1. The summed E-state index contributed by atoms with van der Waals surface area (Å²) in [5.74, 6) is -0.449. The van der Waals surface area contributed by atoms with E-state index in [4.69, 9.17) is 9.88 Å². The molecule has 0 aliphatic carbocycles. The second kappa shape index (κ2) is 6.46. The van der Waals surface area contributed by atoms with Gasteiger partial charge in [-0.05, 0) is 24.3 Å². The fourth-order valence-corrected chi connectivity index (χ4v) is 4.02. The minimum absolute atomic E-state index is 0.0576. The Kier molecular flexibility index (Phi) is 4.56. The highest BCUT2D eigenvalue weighted by Crippen LogP contribution is 2.28. The summed E-state index contributed by atoms with van der Waals surface area (Å²) >= 11 is 0. The summed E-state index contributed by atoms with van der Waals surface area (Å²) in [6.07, 6.45) is 0.224. The zero-order valence-corrected chi connectivity index (χ0v) is 13.7. The third-order valence-electron chi connectivity index (χ3n) is 4.21. The third kappa shape index (κ3) is 4.01. The molecule has 1 atom stereocenters. The van der Waals surface area contributed by atoms with Crippen LogP contribution in [0.5, 0.6) is 0 Å². The standard InChI is InChI=1S/C15H21N3O4S/c16-23(20,21)11-12-9-15(19)18(10-12)14-3-1-13(2-4-14)17-5-7-22-8-6-17/h1-4,12H,5-11H2,(H2,16,20,21). The van der Waals surface area contributed by atoms with Gasteiger partial charge in [-0.1, -0.05) is 0 Å². The maximum absolute atomic E-state index is 12.1. The Hall–Kier alpha value is -1.64. The fraction of sp³-hybridized carbons (Fsp3) is 0.533. The molecule has 2 saturated heterocycles. The normalized spacial score (nSPS) is 22.7. The summed E-state index contributed by atoms with van der Waals surface area (Å²) in [5.41, 5.74) is 1.90. The van der Waals surface area contributed by atoms with Crippen molar-refractivity contribution in [3.8, 4) is 0 Å². The molecule has 7 nitrogen and oxygen atoms in total. The van der Waals surface area contributed by atoms with Crippen molar-refractivity contribution in [3.05, 3.63) is 24.3 Å². The molecule has 1 amide bonds. The van der Waals surface area contributed by atoms with E-state index in [9.17, 15) is 13.2 Å². The van der Waals surface area contributed by atoms with Crippen LogP contribution in [-0.4, -0.2) is 52.9 Å². The van der Waals surface area contributed by atoms with Gasteiger partial charge in [0.25, 0.3) is 0 Å². The number of sulfonamides is 1. The lowest BCUT2D eigenvalue weighted by Crippen LogP contribution is -2.36. The summed E-state index contributed by atoms with van der Waals surface area (Å²) in [4.78, 5) is 16.0. The zero-order valence-electron chi connectivity index (χ0n) is 12.8. The molecular formula is C15H21N3O4S. The van der Waals surface area contributed by atoms with Crippen molar-refractivity contribution >= 4 is 27.3 Å². The first-order valence-electron chi connectivity index (χ1n) is 7.66. The highest BCUT2D eigenvalue weighted by molar-refractivity contribution is 7.89. The van der Waals surface area contributed by atoms with Crippen LogP contribution < -0.4 is 14.9 Å². The average molecular weight is 339 g/mol. The molecule has 1 aromatic rings. The number of nitrogens with zero attached hydrogens (tertiary/aromatic N) is 2. The molecule has 3 rings (SSSR count). The first-order valence-corrected chi connectivity index (χ1v) is 9.37. The van der Waals surface area contributed by atoms with E-state index in [-0.39, 0.29) is 24.0 Å². The van der Waals surface area contributed by atoms with E-state index in [2.05, 4.69) is 4.90 Å². The van der Waals surface area contributed by atoms with E-state index >= 15 is 0 Å². The van der Waals surface area contributed by atoms with Crippen molar-refractivity contribution in [3.63, 3.8) is 0 Å².